The molecule has 10 heteroatoms. The van der Waals surface area contributed by atoms with E-state index in [9.17, 15) is 9.90 Å². The Balaban J connectivity index is 1.33. The maximum absolute atomic E-state index is 12.4. The highest BCUT2D eigenvalue weighted by Crippen LogP contribution is 2.34. The van der Waals surface area contributed by atoms with Gasteiger partial charge in [0.05, 0.1) is 27.7 Å². The SMILES string of the molecule is CC(O)C(=O)N1CCC[C@H]1COc1cccc2ncnc(Nc3ccc(OCc4ccccn4)c(Cl)c3)c12. The van der Waals surface area contributed by atoms with Crippen LogP contribution in [-0.4, -0.2) is 56.2 Å². The van der Waals surface area contributed by atoms with Crippen LogP contribution in [0.4, 0.5) is 11.5 Å². The fourth-order valence-corrected chi connectivity index (χ4v) is 4.72. The molecule has 0 bridgehead atoms. The van der Waals surface area contributed by atoms with E-state index in [4.69, 9.17) is 21.1 Å². The molecule has 0 saturated carbocycles. The van der Waals surface area contributed by atoms with Gasteiger partial charge in [-0.05, 0) is 62.2 Å². The zero-order chi connectivity index (χ0) is 26.5. The average Bonchev–Trinajstić information content (AvgIpc) is 3.40. The van der Waals surface area contributed by atoms with E-state index in [0.29, 0.717) is 53.0 Å². The number of halogens is 1. The highest BCUT2D eigenvalue weighted by Gasteiger charge is 2.31. The van der Waals surface area contributed by atoms with Crippen molar-refractivity contribution in [2.75, 3.05) is 18.5 Å². The Labute approximate surface area is 225 Å². The van der Waals surface area contributed by atoms with Crippen LogP contribution in [0.3, 0.4) is 0 Å². The van der Waals surface area contributed by atoms with Crippen molar-refractivity contribution in [1.29, 1.82) is 0 Å². The second-order valence-corrected chi connectivity index (χ2v) is 9.47. The molecule has 1 fully saturated rings. The van der Waals surface area contributed by atoms with E-state index in [0.717, 1.165) is 24.2 Å². The quantitative estimate of drug-likeness (QED) is 0.317. The third-order valence-corrected chi connectivity index (χ3v) is 6.67. The summed E-state index contributed by atoms with van der Waals surface area (Å²) in [4.78, 5) is 27.2. The zero-order valence-corrected chi connectivity index (χ0v) is 21.6. The lowest BCUT2D eigenvalue weighted by atomic mass is 10.2. The number of carbonyl (C=O) groups is 1. The van der Waals surface area contributed by atoms with Gasteiger partial charge in [-0.3, -0.25) is 9.78 Å². The summed E-state index contributed by atoms with van der Waals surface area (Å²) in [6.45, 7) is 2.72. The number of nitrogens with zero attached hydrogens (tertiary/aromatic N) is 4. The van der Waals surface area contributed by atoms with Crippen molar-refractivity contribution in [3.63, 3.8) is 0 Å². The van der Waals surface area contributed by atoms with Crippen LogP contribution < -0.4 is 14.8 Å². The number of amides is 1. The first-order chi connectivity index (χ1) is 18.5. The molecule has 38 heavy (non-hydrogen) atoms. The summed E-state index contributed by atoms with van der Waals surface area (Å²) in [5, 5.41) is 14.2. The van der Waals surface area contributed by atoms with Crippen molar-refractivity contribution in [1.82, 2.24) is 19.9 Å². The van der Waals surface area contributed by atoms with Crippen molar-refractivity contribution >= 4 is 39.9 Å². The van der Waals surface area contributed by atoms with E-state index < -0.39 is 6.10 Å². The molecule has 1 amide bonds. The molecular formula is C28H28ClN5O4. The number of hydrogen-bond acceptors (Lipinski definition) is 8. The van der Waals surface area contributed by atoms with Crippen LogP contribution in [-0.2, 0) is 11.4 Å². The van der Waals surface area contributed by atoms with E-state index in [-0.39, 0.29) is 11.9 Å². The third-order valence-electron chi connectivity index (χ3n) is 6.37. The van der Waals surface area contributed by atoms with Gasteiger partial charge < -0.3 is 24.8 Å². The van der Waals surface area contributed by atoms with Gasteiger partial charge in [0.15, 0.2) is 0 Å². The minimum absolute atomic E-state index is 0.106. The standard InChI is InChI=1S/C28H28ClN5O4/c1-18(35)28(36)34-13-5-7-21(34)16-38-25-9-4-8-23-26(25)27(32-17-31-23)33-19-10-11-24(22(29)14-19)37-15-20-6-2-3-12-30-20/h2-4,6,8-12,14,17-18,21,35H,5,7,13,15-16H2,1H3,(H,31,32,33)/t18?,21-/m0/s1. The smallest absolute Gasteiger partial charge is 0.251 e. The van der Waals surface area contributed by atoms with E-state index in [1.807, 2.05) is 42.5 Å². The molecule has 1 aliphatic heterocycles. The van der Waals surface area contributed by atoms with Crippen molar-refractivity contribution in [2.24, 2.45) is 0 Å². The maximum atomic E-state index is 12.4. The molecule has 1 aliphatic rings. The fourth-order valence-electron chi connectivity index (χ4n) is 4.49. The first kappa shape index (κ1) is 25.7. The summed E-state index contributed by atoms with van der Waals surface area (Å²) < 4.78 is 12.0. The molecule has 2 N–H and O–H groups in total. The van der Waals surface area contributed by atoms with Crippen molar-refractivity contribution in [3.8, 4) is 11.5 Å². The largest absolute Gasteiger partial charge is 0.491 e. The van der Waals surface area contributed by atoms with Crippen LogP contribution >= 0.6 is 11.6 Å². The molecule has 4 aromatic rings. The first-order valence-electron chi connectivity index (χ1n) is 12.4. The molecule has 1 saturated heterocycles. The van der Waals surface area contributed by atoms with E-state index >= 15 is 0 Å². The van der Waals surface area contributed by atoms with Crippen LogP contribution in [0.2, 0.25) is 5.02 Å². The minimum Gasteiger partial charge on any atom is -0.491 e. The lowest BCUT2D eigenvalue weighted by molar-refractivity contribution is -0.140. The van der Waals surface area contributed by atoms with Gasteiger partial charge >= 0.3 is 0 Å². The Bertz CT molecular complexity index is 1410. The summed E-state index contributed by atoms with van der Waals surface area (Å²) in [7, 11) is 0. The number of anilines is 2. The van der Waals surface area contributed by atoms with Gasteiger partial charge in [-0.25, -0.2) is 9.97 Å². The van der Waals surface area contributed by atoms with Gasteiger partial charge in [0, 0.05) is 18.4 Å². The summed E-state index contributed by atoms with van der Waals surface area (Å²) in [6, 6.07) is 16.6. The predicted octanol–water partition coefficient (Wildman–Crippen LogP) is 4.75. The molecule has 1 unspecified atom stereocenters. The van der Waals surface area contributed by atoms with E-state index in [2.05, 4.69) is 20.3 Å². The Kier molecular flexibility index (Phi) is 7.86. The van der Waals surface area contributed by atoms with Gasteiger partial charge in [-0.2, -0.15) is 0 Å². The van der Waals surface area contributed by atoms with Crippen molar-refractivity contribution in [2.45, 2.75) is 38.5 Å². The second-order valence-electron chi connectivity index (χ2n) is 9.07. The van der Waals surface area contributed by atoms with Crippen LogP contribution in [0.1, 0.15) is 25.5 Å². The molecule has 2 aromatic heterocycles. The first-order valence-corrected chi connectivity index (χ1v) is 12.8. The lowest BCUT2D eigenvalue weighted by Gasteiger charge is -2.26. The number of carbonyl (C=O) groups excluding carboxylic acids is 1. The molecule has 2 atom stereocenters. The molecule has 5 rings (SSSR count). The molecule has 0 aliphatic carbocycles. The van der Waals surface area contributed by atoms with Crippen molar-refractivity contribution < 1.29 is 19.4 Å². The Morgan fingerprint density at radius 1 is 1.13 bits per heavy atom. The topological polar surface area (TPSA) is 110 Å². The number of benzene rings is 2. The number of nitrogens with one attached hydrogen (secondary N) is 1. The summed E-state index contributed by atoms with van der Waals surface area (Å²) in [5.41, 5.74) is 2.24. The number of aliphatic hydroxyl groups excluding tert-OH is 1. The summed E-state index contributed by atoms with van der Waals surface area (Å²) in [5.74, 6) is 1.44. The minimum atomic E-state index is -1.03. The summed E-state index contributed by atoms with van der Waals surface area (Å²) in [6.07, 6.45) is 3.87. The van der Waals surface area contributed by atoms with Gasteiger partial charge in [-0.15, -0.1) is 0 Å². The number of ether oxygens (including phenoxy) is 2. The number of fused-ring (bicyclic) bond motifs is 1. The number of likely N-dealkylation sites (tertiary alicyclic amines) is 1. The normalized spacial score (nSPS) is 15.9. The van der Waals surface area contributed by atoms with Crippen LogP contribution in [0.25, 0.3) is 10.9 Å². The Hall–Kier alpha value is -3.95. The molecular weight excluding hydrogens is 506 g/mol. The molecule has 0 spiro atoms. The molecule has 2 aromatic carbocycles. The van der Waals surface area contributed by atoms with Crippen LogP contribution in [0.15, 0.2) is 67.1 Å². The zero-order valence-electron chi connectivity index (χ0n) is 20.9. The molecule has 9 nitrogen and oxygen atoms in total. The number of aromatic nitrogens is 3. The fraction of sp³-hybridized carbons (Fsp3) is 0.286. The number of rotatable bonds is 9. The Morgan fingerprint density at radius 3 is 2.82 bits per heavy atom. The van der Waals surface area contributed by atoms with Gasteiger partial charge in [0.25, 0.3) is 5.91 Å². The van der Waals surface area contributed by atoms with Crippen LogP contribution in [0, 0.1) is 0 Å². The van der Waals surface area contributed by atoms with E-state index in [1.165, 1.54) is 13.3 Å². The number of hydrogen-bond donors (Lipinski definition) is 2. The monoisotopic (exact) mass is 533 g/mol. The third kappa shape index (κ3) is 5.79. The van der Waals surface area contributed by atoms with Gasteiger partial charge in [-0.1, -0.05) is 23.7 Å². The summed E-state index contributed by atoms with van der Waals surface area (Å²) >= 11 is 6.50. The lowest BCUT2D eigenvalue weighted by Crippen LogP contribution is -2.43. The van der Waals surface area contributed by atoms with Crippen LogP contribution in [0.5, 0.6) is 11.5 Å². The Morgan fingerprint density at radius 2 is 2.03 bits per heavy atom. The van der Waals surface area contributed by atoms with Crippen molar-refractivity contribution in [3.05, 3.63) is 77.8 Å². The number of aliphatic hydroxyl groups is 1. The maximum Gasteiger partial charge on any atom is 0.251 e. The average molecular weight is 534 g/mol. The molecule has 0 radical (unpaired) electrons. The van der Waals surface area contributed by atoms with Gasteiger partial charge in [0.2, 0.25) is 0 Å². The second kappa shape index (κ2) is 11.6. The highest BCUT2D eigenvalue weighted by molar-refractivity contribution is 6.32. The van der Waals surface area contributed by atoms with Gasteiger partial charge in [0.1, 0.15) is 43.0 Å². The molecule has 196 valence electrons. The highest BCUT2D eigenvalue weighted by atomic mass is 35.5. The predicted molar refractivity (Wildman–Crippen MR) is 145 cm³/mol. The molecule has 3 heterocycles. The van der Waals surface area contributed by atoms with E-state index in [1.54, 1.807) is 23.2 Å². The number of pyridine rings is 1.